The van der Waals surface area contributed by atoms with Crippen LogP contribution < -0.4 is 0 Å². The molecule has 4 fully saturated rings. The highest BCUT2D eigenvalue weighted by molar-refractivity contribution is 5.74. The summed E-state index contributed by atoms with van der Waals surface area (Å²) in [6, 6.07) is 0.274. The number of rotatable bonds is 2. The third kappa shape index (κ3) is 3.41. The van der Waals surface area contributed by atoms with Gasteiger partial charge in [0.25, 0.3) is 0 Å². The summed E-state index contributed by atoms with van der Waals surface area (Å²) >= 11 is 0. The minimum Gasteiger partial charge on any atom is -0.376 e. The first-order valence-corrected chi connectivity index (χ1v) is 9.77. The van der Waals surface area contributed by atoms with E-state index in [1.807, 2.05) is 4.90 Å². The zero-order valence-electron chi connectivity index (χ0n) is 15.0. The Morgan fingerprint density at radius 1 is 1.00 bits per heavy atom. The van der Waals surface area contributed by atoms with Crippen LogP contribution in [-0.2, 0) is 4.74 Å². The Morgan fingerprint density at radius 2 is 1.75 bits per heavy atom. The van der Waals surface area contributed by atoms with Crippen molar-refractivity contribution in [2.45, 2.75) is 25.4 Å². The number of amides is 2. The molecule has 0 N–H and O–H groups in total. The number of piperidine rings is 1. The molecule has 0 aromatic heterocycles. The zero-order chi connectivity index (χ0) is 16.5. The van der Waals surface area contributed by atoms with Crippen LogP contribution in [0, 0.1) is 11.8 Å². The number of hydrogen-bond donors (Lipinski definition) is 0. The van der Waals surface area contributed by atoms with E-state index in [9.17, 15) is 4.79 Å². The maximum absolute atomic E-state index is 12.7. The second-order valence-electron chi connectivity index (χ2n) is 8.11. The summed E-state index contributed by atoms with van der Waals surface area (Å²) in [5.74, 6) is 1.19. The fourth-order valence-electron chi connectivity index (χ4n) is 4.78. The molecule has 0 unspecified atom stereocenters. The number of likely N-dealkylation sites (tertiary alicyclic amines) is 2. The molecule has 6 nitrogen and oxygen atoms in total. The zero-order valence-corrected chi connectivity index (χ0v) is 15.0. The van der Waals surface area contributed by atoms with E-state index in [1.165, 1.54) is 12.8 Å². The Morgan fingerprint density at radius 3 is 2.50 bits per heavy atom. The van der Waals surface area contributed by atoms with Gasteiger partial charge >= 0.3 is 6.03 Å². The van der Waals surface area contributed by atoms with Crippen molar-refractivity contribution in [3.8, 4) is 0 Å². The molecule has 136 valence electrons. The van der Waals surface area contributed by atoms with Gasteiger partial charge in [-0.1, -0.05) is 0 Å². The van der Waals surface area contributed by atoms with Gasteiger partial charge in [0, 0.05) is 64.8 Å². The lowest BCUT2D eigenvalue weighted by atomic mass is 9.84. The van der Waals surface area contributed by atoms with E-state index < -0.39 is 0 Å². The van der Waals surface area contributed by atoms with E-state index in [2.05, 4.69) is 21.7 Å². The fourth-order valence-corrected chi connectivity index (χ4v) is 4.78. The smallest absolute Gasteiger partial charge is 0.320 e. The highest BCUT2D eigenvalue weighted by Gasteiger charge is 2.43. The number of urea groups is 1. The van der Waals surface area contributed by atoms with Crippen LogP contribution in [0.15, 0.2) is 0 Å². The summed E-state index contributed by atoms with van der Waals surface area (Å²) in [6.45, 7) is 10.2. The van der Waals surface area contributed by atoms with E-state index in [-0.39, 0.29) is 6.03 Å². The topological polar surface area (TPSA) is 39.3 Å². The molecular formula is C18H32N4O2. The first kappa shape index (κ1) is 16.6. The highest BCUT2D eigenvalue weighted by Crippen LogP contribution is 2.35. The standard InChI is InChI=1S/C18H32N4O2/c1-19-8-10-20(11-9-19)13-17-16-12-22(7-4-15(16)14-24-17)18(23)21-5-2-3-6-21/h15-17H,2-14H2,1H3/t15-,16-,17+/m1/s1. The third-order valence-corrected chi connectivity index (χ3v) is 6.49. The molecule has 4 saturated heterocycles. The van der Waals surface area contributed by atoms with Crippen LogP contribution >= 0.6 is 0 Å². The van der Waals surface area contributed by atoms with E-state index in [0.29, 0.717) is 17.9 Å². The Hall–Kier alpha value is -0.850. The molecule has 4 aliphatic rings. The van der Waals surface area contributed by atoms with Gasteiger partial charge in [0.15, 0.2) is 0 Å². The van der Waals surface area contributed by atoms with Crippen molar-refractivity contribution in [3.63, 3.8) is 0 Å². The average Bonchev–Trinajstić information content (AvgIpc) is 3.26. The maximum atomic E-state index is 12.7. The normalized spacial score (nSPS) is 35.5. The summed E-state index contributed by atoms with van der Waals surface area (Å²) < 4.78 is 6.18. The molecule has 3 atom stereocenters. The summed E-state index contributed by atoms with van der Waals surface area (Å²) in [6.07, 6.45) is 3.76. The molecule has 0 aromatic carbocycles. The van der Waals surface area contributed by atoms with Gasteiger partial charge < -0.3 is 19.4 Å². The van der Waals surface area contributed by atoms with E-state index in [4.69, 9.17) is 4.74 Å². The Labute approximate surface area is 145 Å². The Kier molecular flexibility index (Phi) is 4.97. The van der Waals surface area contributed by atoms with Crippen molar-refractivity contribution < 1.29 is 9.53 Å². The number of hydrogen-bond acceptors (Lipinski definition) is 4. The van der Waals surface area contributed by atoms with Gasteiger partial charge in [-0.05, 0) is 32.2 Å². The summed E-state index contributed by atoms with van der Waals surface area (Å²) in [4.78, 5) is 21.8. The molecule has 0 radical (unpaired) electrons. The van der Waals surface area contributed by atoms with Gasteiger partial charge in [0.1, 0.15) is 0 Å². The number of likely N-dealkylation sites (N-methyl/N-ethyl adjacent to an activating group) is 1. The van der Waals surface area contributed by atoms with Crippen LogP contribution in [0.25, 0.3) is 0 Å². The maximum Gasteiger partial charge on any atom is 0.320 e. The van der Waals surface area contributed by atoms with Crippen molar-refractivity contribution in [2.75, 3.05) is 72.6 Å². The molecule has 0 aliphatic carbocycles. The van der Waals surface area contributed by atoms with Gasteiger partial charge in [0.05, 0.1) is 12.7 Å². The van der Waals surface area contributed by atoms with Crippen molar-refractivity contribution in [1.29, 1.82) is 0 Å². The largest absolute Gasteiger partial charge is 0.376 e. The lowest BCUT2D eigenvalue weighted by Gasteiger charge is -2.39. The lowest BCUT2D eigenvalue weighted by Crippen LogP contribution is -2.52. The molecule has 24 heavy (non-hydrogen) atoms. The van der Waals surface area contributed by atoms with Crippen molar-refractivity contribution in [1.82, 2.24) is 19.6 Å². The molecule has 0 spiro atoms. The van der Waals surface area contributed by atoms with Gasteiger partial charge in [0.2, 0.25) is 0 Å². The van der Waals surface area contributed by atoms with E-state index >= 15 is 0 Å². The van der Waals surface area contributed by atoms with E-state index in [1.54, 1.807) is 0 Å². The van der Waals surface area contributed by atoms with Gasteiger partial charge in [-0.15, -0.1) is 0 Å². The molecule has 2 amide bonds. The number of piperazine rings is 1. The third-order valence-electron chi connectivity index (χ3n) is 6.49. The van der Waals surface area contributed by atoms with Gasteiger partial charge in [-0.3, -0.25) is 4.90 Å². The summed E-state index contributed by atoms with van der Waals surface area (Å²) in [5, 5.41) is 0. The summed E-state index contributed by atoms with van der Waals surface area (Å²) in [5.41, 5.74) is 0. The molecule has 4 aliphatic heterocycles. The van der Waals surface area contributed by atoms with Gasteiger partial charge in [-0.25, -0.2) is 4.79 Å². The molecule has 0 bridgehead atoms. The molecule has 0 aromatic rings. The second kappa shape index (κ2) is 7.18. The summed E-state index contributed by atoms with van der Waals surface area (Å²) in [7, 11) is 2.20. The van der Waals surface area contributed by atoms with Crippen LogP contribution in [-0.4, -0.2) is 104 Å². The quantitative estimate of drug-likeness (QED) is 0.747. The highest BCUT2D eigenvalue weighted by atomic mass is 16.5. The number of carbonyl (C=O) groups excluding carboxylic acids is 1. The molecule has 4 heterocycles. The first-order valence-electron chi connectivity index (χ1n) is 9.77. The molecule has 0 saturated carbocycles. The predicted octanol–water partition coefficient (Wildman–Crippen LogP) is 0.787. The van der Waals surface area contributed by atoms with Crippen LogP contribution in [0.5, 0.6) is 0 Å². The molecule has 4 rings (SSSR count). The predicted molar refractivity (Wildman–Crippen MR) is 93.1 cm³/mol. The Bertz CT molecular complexity index is 446. The number of fused-ring (bicyclic) bond motifs is 1. The molecular weight excluding hydrogens is 304 g/mol. The van der Waals surface area contributed by atoms with Crippen molar-refractivity contribution in [3.05, 3.63) is 0 Å². The monoisotopic (exact) mass is 336 g/mol. The van der Waals surface area contributed by atoms with Crippen molar-refractivity contribution >= 4 is 6.03 Å². The average molecular weight is 336 g/mol. The van der Waals surface area contributed by atoms with Gasteiger partial charge in [-0.2, -0.15) is 0 Å². The van der Waals surface area contributed by atoms with Crippen LogP contribution in [0.3, 0.4) is 0 Å². The second-order valence-corrected chi connectivity index (χ2v) is 8.11. The fraction of sp³-hybridized carbons (Fsp3) is 0.944. The molecule has 6 heteroatoms. The SMILES string of the molecule is CN1CCN(C[C@@H]2OC[C@H]3CCN(C(=O)N4CCCC4)C[C@H]32)CC1. The number of carbonyl (C=O) groups is 1. The minimum atomic E-state index is 0.274. The van der Waals surface area contributed by atoms with Crippen LogP contribution in [0.1, 0.15) is 19.3 Å². The number of ether oxygens (including phenoxy) is 1. The lowest BCUT2D eigenvalue weighted by molar-refractivity contribution is 0.0323. The van der Waals surface area contributed by atoms with Crippen LogP contribution in [0.4, 0.5) is 4.79 Å². The van der Waals surface area contributed by atoms with Crippen molar-refractivity contribution in [2.24, 2.45) is 11.8 Å². The van der Waals surface area contributed by atoms with Crippen LogP contribution in [0.2, 0.25) is 0 Å². The number of nitrogens with zero attached hydrogens (tertiary/aromatic N) is 4. The first-order chi connectivity index (χ1) is 11.7. The Balaban J connectivity index is 1.33. The van der Waals surface area contributed by atoms with E-state index in [0.717, 1.165) is 71.9 Å². The minimum absolute atomic E-state index is 0.274.